The van der Waals surface area contributed by atoms with Crippen molar-refractivity contribution in [1.82, 2.24) is 5.32 Å². The van der Waals surface area contributed by atoms with E-state index in [1.54, 1.807) is 0 Å². The van der Waals surface area contributed by atoms with E-state index >= 15 is 0 Å². The summed E-state index contributed by atoms with van der Waals surface area (Å²) in [6.07, 6.45) is 8.62. The van der Waals surface area contributed by atoms with Gasteiger partial charge in [-0.2, -0.15) is 0 Å². The average Bonchev–Trinajstić information content (AvgIpc) is 2.79. The van der Waals surface area contributed by atoms with Gasteiger partial charge in [0.1, 0.15) is 12.1 Å². The maximum Gasteiger partial charge on any atom is 0.146 e. The second-order valence-corrected chi connectivity index (χ2v) is 6.69. The summed E-state index contributed by atoms with van der Waals surface area (Å²) in [4.78, 5) is 16.0. The van der Waals surface area contributed by atoms with Crippen molar-refractivity contribution in [3.05, 3.63) is 64.8 Å². The van der Waals surface area contributed by atoms with E-state index in [4.69, 9.17) is 4.99 Å². The minimum atomic E-state index is 0.0784. The molecule has 0 spiro atoms. The van der Waals surface area contributed by atoms with Gasteiger partial charge in [0.05, 0.1) is 6.04 Å². The van der Waals surface area contributed by atoms with E-state index in [0.717, 1.165) is 29.7 Å². The first-order valence-electron chi connectivity index (χ1n) is 8.52. The molecule has 1 aromatic rings. The number of fused-ring (bicyclic) bond motifs is 1. The number of hydrogen-bond acceptors (Lipinski definition) is 3. The van der Waals surface area contributed by atoms with Gasteiger partial charge in [0.15, 0.2) is 0 Å². The van der Waals surface area contributed by atoms with Gasteiger partial charge < -0.3 is 5.32 Å². The van der Waals surface area contributed by atoms with Gasteiger partial charge in [0.25, 0.3) is 0 Å². The van der Waals surface area contributed by atoms with E-state index in [-0.39, 0.29) is 6.04 Å². The monoisotopic (exact) mass is 320 g/mol. The number of allylic oxidation sites excluding steroid dienone is 2. The van der Waals surface area contributed by atoms with Crippen LogP contribution in [0.5, 0.6) is 0 Å². The Labute approximate surface area is 143 Å². The molecule has 3 nitrogen and oxygen atoms in total. The molecule has 0 fully saturated rings. The fourth-order valence-corrected chi connectivity index (χ4v) is 3.18. The van der Waals surface area contributed by atoms with E-state index < -0.39 is 0 Å². The number of aliphatic imine (C=N–C) groups is 1. The van der Waals surface area contributed by atoms with Gasteiger partial charge >= 0.3 is 0 Å². The van der Waals surface area contributed by atoms with Gasteiger partial charge in [-0.25, -0.2) is 0 Å². The summed E-state index contributed by atoms with van der Waals surface area (Å²) in [7, 11) is 1.86. The van der Waals surface area contributed by atoms with Crippen LogP contribution in [0.3, 0.4) is 0 Å². The molecule has 1 aliphatic carbocycles. The number of amidine groups is 1. The Balaban J connectivity index is 1.92. The molecule has 1 atom stereocenters. The van der Waals surface area contributed by atoms with E-state index in [1.807, 2.05) is 13.1 Å². The normalized spacial score (nSPS) is 20.2. The van der Waals surface area contributed by atoms with E-state index in [0.29, 0.717) is 12.3 Å². The Morgan fingerprint density at radius 3 is 2.58 bits per heavy atom. The molecule has 1 N–H and O–H groups in total. The molecule has 124 valence electrons. The Morgan fingerprint density at radius 1 is 1.21 bits per heavy atom. The summed E-state index contributed by atoms with van der Waals surface area (Å²) in [6.45, 7) is 4.42. The summed E-state index contributed by atoms with van der Waals surface area (Å²) >= 11 is 0. The van der Waals surface area contributed by atoms with Crippen molar-refractivity contribution in [1.29, 1.82) is 0 Å². The van der Waals surface area contributed by atoms with Crippen LogP contribution in [0, 0.1) is 0 Å². The quantitative estimate of drug-likeness (QED) is 0.854. The number of benzene rings is 1. The number of nitrogens with zero attached hydrogens (tertiary/aromatic N) is 1. The first kappa shape index (κ1) is 16.4. The lowest BCUT2D eigenvalue weighted by Gasteiger charge is -2.21. The van der Waals surface area contributed by atoms with Crippen LogP contribution in [0.2, 0.25) is 0 Å². The Hall–Kier alpha value is -2.42. The SMILES string of the molecule is CNC1=NC2CC(c3ccc(C(C)C)cc3)=CC=C2C=C(C=O)C1. The van der Waals surface area contributed by atoms with Crippen molar-refractivity contribution in [2.45, 2.75) is 38.6 Å². The number of carbonyl (C=O) groups is 1. The molecule has 1 aromatic carbocycles. The third-order valence-corrected chi connectivity index (χ3v) is 4.70. The second kappa shape index (κ2) is 7.00. The van der Waals surface area contributed by atoms with Crippen LogP contribution in [0.4, 0.5) is 0 Å². The number of nitrogens with one attached hydrogen (secondary N) is 1. The molecule has 0 amide bonds. The summed E-state index contributed by atoms with van der Waals surface area (Å²) < 4.78 is 0. The Morgan fingerprint density at radius 2 is 1.96 bits per heavy atom. The lowest BCUT2D eigenvalue weighted by atomic mass is 9.88. The predicted octanol–water partition coefficient (Wildman–Crippen LogP) is 4.04. The third-order valence-electron chi connectivity index (χ3n) is 4.70. The number of hydrogen-bond donors (Lipinski definition) is 1. The molecule has 0 saturated heterocycles. The maximum absolute atomic E-state index is 11.2. The average molecular weight is 320 g/mol. The first-order valence-corrected chi connectivity index (χ1v) is 8.52. The Kier molecular flexibility index (Phi) is 4.79. The molecule has 24 heavy (non-hydrogen) atoms. The molecule has 1 unspecified atom stereocenters. The minimum Gasteiger partial charge on any atom is -0.377 e. The summed E-state index contributed by atoms with van der Waals surface area (Å²) in [5.74, 6) is 1.42. The Bertz CT molecular complexity index is 749. The standard InChI is InChI=1S/C21H24N2O/c1-14(2)16-4-6-17(7-5-16)18-8-9-19-10-15(13-24)11-21(22-3)23-20(19)12-18/h4-10,13-14,20H,11-12H2,1-3H3,(H,22,23). The van der Waals surface area contributed by atoms with Gasteiger partial charge in [-0.3, -0.25) is 9.79 Å². The largest absolute Gasteiger partial charge is 0.377 e. The summed E-state index contributed by atoms with van der Waals surface area (Å²) in [5, 5.41) is 3.12. The molecule has 0 bridgehead atoms. The van der Waals surface area contributed by atoms with Crippen molar-refractivity contribution in [3.63, 3.8) is 0 Å². The predicted molar refractivity (Wildman–Crippen MR) is 100 cm³/mol. The van der Waals surface area contributed by atoms with E-state index in [1.165, 1.54) is 16.7 Å². The molecular weight excluding hydrogens is 296 g/mol. The number of aldehydes is 1. The smallest absolute Gasteiger partial charge is 0.146 e. The van der Waals surface area contributed by atoms with Gasteiger partial charge in [0, 0.05) is 13.5 Å². The lowest BCUT2D eigenvalue weighted by Crippen LogP contribution is -2.21. The van der Waals surface area contributed by atoms with Crippen LogP contribution in [-0.2, 0) is 4.79 Å². The molecule has 1 heterocycles. The van der Waals surface area contributed by atoms with Crippen molar-refractivity contribution in [2.75, 3.05) is 7.05 Å². The minimum absolute atomic E-state index is 0.0784. The highest BCUT2D eigenvalue weighted by atomic mass is 16.1. The van der Waals surface area contributed by atoms with Gasteiger partial charge in [-0.05, 0) is 46.3 Å². The zero-order valence-electron chi connectivity index (χ0n) is 14.5. The summed E-state index contributed by atoms with van der Waals surface area (Å²) in [5.41, 5.74) is 5.79. The highest BCUT2D eigenvalue weighted by Crippen LogP contribution is 2.32. The van der Waals surface area contributed by atoms with Crippen LogP contribution >= 0.6 is 0 Å². The molecule has 0 radical (unpaired) electrons. The molecule has 0 saturated carbocycles. The zero-order chi connectivity index (χ0) is 17.1. The van der Waals surface area contributed by atoms with Crippen molar-refractivity contribution in [3.8, 4) is 0 Å². The fourth-order valence-electron chi connectivity index (χ4n) is 3.18. The number of rotatable bonds is 3. The van der Waals surface area contributed by atoms with Crippen LogP contribution in [0.15, 0.2) is 58.6 Å². The maximum atomic E-state index is 11.2. The van der Waals surface area contributed by atoms with Gasteiger partial charge in [-0.15, -0.1) is 0 Å². The van der Waals surface area contributed by atoms with Crippen LogP contribution < -0.4 is 5.32 Å². The van der Waals surface area contributed by atoms with Crippen molar-refractivity contribution < 1.29 is 4.79 Å². The van der Waals surface area contributed by atoms with Crippen LogP contribution in [0.1, 0.15) is 43.7 Å². The third kappa shape index (κ3) is 3.40. The lowest BCUT2D eigenvalue weighted by molar-refractivity contribution is -0.104. The highest BCUT2D eigenvalue weighted by molar-refractivity contribution is 5.92. The van der Waals surface area contributed by atoms with Gasteiger partial charge in [-0.1, -0.05) is 50.3 Å². The first-order chi connectivity index (χ1) is 11.6. The molecule has 2 aliphatic rings. The van der Waals surface area contributed by atoms with Crippen molar-refractivity contribution >= 4 is 17.7 Å². The van der Waals surface area contributed by atoms with Crippen molar-refractivity contribution in [2.24, 2.45) is 4.99 Å². The molecular formula is C21H24N2O. The van der Waals surface area contributed by atoms with E-state index in [9.17, 15) is 4.79 Å². The fraction of sp³-hybridized carbons (Fsp3) is 0.333. The summed E-state index contributed by atoms with van der Waals surface area (Å²) in [6, 6.07) is 8.90. The molecule has 3 rings (SSSR count). The van der Waals surface area contributed by atoms with Gasteiger partial charge in [0.2, 0.25) is 0 Å². The highest BCUT2D eigenvalue weighted by Gasteiger charge is 2.22. The molecule has 0 aromatic heterocycles. The zero-order valence-corrected chi connectivity index (χ0v) is 14.5. The van der Waals surface area contributed by atoms with E-state index in [2.05, 4.69) is 55.6 Å². The van der Waals surface area contributed by atoms with Crippen LogP contribution in [-0.4, -0.2) is 25.2 Å². The molecule has 1 aliphatic heterocycles. The molecule has 3 heteroatoms. The topological polar surface area (TPSA) is 41.5 Å². The number of carbonyl (C=O) groups excluding carboxylic acids is 1. The second-order valence-electron chi connectivity index (χ2n) is 6.69. The van der Waals surface area contributed by atoms with Crippen LogP contribution in [0.25, 0.3) is 5.57 Å².